The largest absolute Gasteiger partial charge is 0.480 e. The van der Waals surface area contributed by atoms with E-state index in [9.17, 15) is 18.4 Å². The van der Waals surface area contributed by atoms with Crippen molar-refractivity contribution in [1.82, 2.24) is 10.3 Å². The number of fused-ring (bicyclic) bond motifs is 1. The molecule has 0 saturated carbocycles. The molecule has 0 radical (unpaired) electrons. The number of amides is 1. The molecule has 25 heavy (non-hydrogen) atoms. The van der Waals surface area contributed by atoms with Gasteiger partial charge in [-0.2, -0.15) is 0 Å². The molecule has 0 aliphatic rings. The molecule has 0 bridgehead atoms. The van der Waals surface area contributed by atoms with Crippen molar-refractivity contribution in [3.63, 3.8) is 0 Å². The number of carboxylic acids is 1. The van der Waals surface area contributed by atoms with Gasteiger partial charge in [0.15, 0.2) is 11.6 Å². The van der Waals surface area contributed by atoms with Gasteiger partial charge in [-0.25, -0.2) is 13.8 Å². The first-order valence-electron chi connectivity index (χ1n) is 7.26. The molecule has 0 saturated heterocycles. The molecule has 1 aromatic heterocycles. The number of carbonyl (C=O) groups is 2. The van der Waals surface area contributed by atoms with Gasteiger partial charge in [0.05, 0.1) is 16.6 Å². The Morgan fingerprint density at radius 3 is 2.52 bits per heavy atom. The maximum atomic E-state index is 13.4. The van der Waals surface area contributed by atoms with Gasteiger partial charge in [0.2, 0.25) is 5.91 Å². The van der Waals surface area contributed by atoms with E-state index in [1.165, 1.54) is 17.4 Å². The lowest BCUT2D eigenvalue weighted by Gasteiger charge is -2.02. The summed E-state index contributed by atoms with van der Waals surface area (Å²) in [7, 11) is 0. The number of hydrogen-bond acceptors (Lipinski definition) is 4. The van der Waals surface area contributed by atoms with Gasteiger partial charge in [0, 0.05) is 0 Å². The molecule has 0 aliphatic heterocycles. The number of halogens is 2. The monoisotopic (exact) mass is 362 g/mol. The van der Waals surface area contributed by atoms with E-state index in [-0.39, 0.29) is 6.42 Å². The van der Waals surface area contributed by atoms with Crippen LogP contribution in [-0.2, 0) is 16.0 Å². The molecule has 0 fully saturated rings. The van der Waals surface area contributed by atoms with Crippen molar-refractivity contribution >= 4 is 33.4 Å². The van der Waals surface area contributed by atoms with Crippen LogP contribution in [0.1, 0.15) is 5.01 Å². The van der Waals surface area contributed by atoms with Gasteiger partial charge in [0.1, 0.15) is 11.6 Å². The van der Waals surface area contributed by atoms with Crippen LogP contribution in [0.3, 0.4) is 0 Å². The molecule has 8 heteroatoms. The third kappa shape index (κ3) is 3.97. The van der Waals surface area contributed by atoms with Gasteiger partial charge in [-0.05, 0) is 35.4 Å². The molecular formula is C17H12F2N2O3S. The number of nitrogens with zero attached hydrogens (tertiary/aromatic N) is 1. The number of rotatable bonds is 5. The molecule has 1 amide bonds. The summed E-state index contributed by atoms with van der Waals surface area (Å²) in [4.78, 5) is 26.4. The Bertz CT molecular complexity index is 972. The number of thiazole rings is 1. The Balaban J connectivity index is 1.82. The predicted octanol–water partition coefficient (Wildman–Crippen LogP) is 2.98. The van der Waals surface area contributed by atoms with E-state index in [2.05, 4.69) is 10.3 Å². The fraction of sp³-hybridized carbons (Fsp3) is 0.118. The second-order valence-electron chi connectivity index (χ2n) is 5.27. The minimum absolute atomic E-state index is 0.0207. The van der Waals surface area contributed by atoms with Crippen LogP contribution in [-0.4, -0.2) is 28.5 Å². The minimum Gasteiger partial charge on any atom is -0.480 e. The summed E-state index contributed by atoms with van der Waals surface area (Å²) < 4.78 is 27.2. The zero-order chi connectivity index (χ0) is 18.0. The maximum Gasteiger partial charge on any atom is 0.322 e. The van der Waals surface area contributed by atoms with Crippen molar-refractivity contribution in [3.8, 4) is 11.1 Å². The maximum absolute atomic E-state index is 13.4. The highest BCUT2D eigenvalue weighted by atomic mass is 32.1. The van der Waals surface area contributed by atoms with E-state index in [1.807, 2.05) is 0 Å². The van der Waals surface area contributed by atoms with Gasteiger partial charge in [0.25, 0.3) is 0 Å². The van der Waals surface area contributed by atoms with Crippen LogP contribution in [0.4, 0.5) is 8.78 Å². The summed E-state index contributed by atoms with van der Waals surface area (Å²) in [5.41, 5.74) is 1.92. The Labute approximate surface area is 144 Å². The van der Waals surface area contributed by atoms with Crippen LogP contribution < -0.4 is 5.32 Å². The molecule has 128 valence electrons. The van der Waals surface area contributed by atoms with Crippen LogP contribution in [0.2, 0.25) is 0 Å². The molecule has 1 heterocycles. The third-order valence-electron chi connectivity index (χ3n) is 3.43. The summed E-state index contributed by atoms with van der Waals surface area (Å²) in [6, 6.07) is 8.95. The molecule has 0 spiro atoms. The van der Waals surface area contributed by atoms with E-state index in [0.717, 1.165) is 16.8 Å². The number of nitrogens with one attached hydrogen (secondary N) is 1. The minimum atomic E-state index is -1.12. The number of carbonyl (C=O) groups excluding carboxylic acids is 1. The zero-order valence-corrected chi connectivity index (χ0v) is 13.6. The van der Waals surface area contributed by atoms with E-state index in [0.29, 0.717) is 21.7 Å². The number of benzene rings is 2. The molecular weight excluding hydrogens is 350 g/mol. The van der Waals surface area contributed by atoms with E-state index in [1.54, 1.807) is 18.2 Å². The molecule has 2 N–H and O–H groups in total. The summed E-state index contributed by atoms with van der Waals surface area (Å²) in [5.74, 6) is -3.37. The van der Waals surface area contributed by atoms with Crippen molar-refractivity contribution in [3.05, 3.63) is 53.0 Å². The quantitative estimate of drug-likeness (QED) is 0.731. The highest BCUT2D eigenvalue weighted by Gasteiger charge is 2.11. The van der Waals surface area contributed by atoms with Crippen LogP contribution in [0.25, 0.3) is 21.3 Å². The third-order valence-corrected chi connectivity index (χ3v) is 4.45. The van der Waals surface area contributed by atoms with E-state index >= 15 is 0 Å². The van der Waals surface area contributed by atoms with Gasteiger partial charge >= 0.3 is 5.97 Å². The number of aromatic nitrogens is 1. The van der Waals surface area contributed by atoms with Crippen LogP contribution in [0.5, 0.6) is 0 Å². The Hall–Kier alpha value is -2.87. The summed E-state index contributed by atoms with van der Waals surface area (Å²) >= 11 is 1.29. The molecule has 3 rings (SSSR count). The Morgan fingerprint density at radius 2 is 1.80 bits per heavy atom. The fourth-order valence-electron chi connectivity index (χ4n) is 2.28. The average Bonchev–Trinajstić information content (AvgIpc) is 2.96. The first-order chi connectivity index (χ1) is 11.9. The second kappa shape index (κ2) is 6.94. The first kappa shape index (κ1) is 17.0. The number of aliphatic carboxylic acids is 1. The molecule has 0 atom stereocenters. The normalized spacial score (nSPS) is 10.8. The molecule has 0 unspecified atom stereocenters. The lowest BCUT2D eigenvalue weighted by molar-refractivity contribution is -0.137. The Kier molecular flexibility index (Phi) is 4.71. The van der Waals surface area contributed by atoms with E-state index in [4.69, 9.17) is 5.11 Å². The Morgan fingerprint density at radius 1 is 1.08 bits per heavy atom. The average molecular weight is 362 g/mol. The van der Waals surface area contributed by atoms with Crippen molar-refractivity contribution in [2.24, 2.45) is 0 Å². The standard InChI is InChI=1S/C17H12F2N2O3S/c18-11-3-1-9(5-12(11)19)10-2-4-13-14(6-10)25-16(21-13)7-15(22)20-8-17(23)24/h1-6H,7-8H2,(H,20,22)(H,23,24). The van der Waals surface area contributed by atoms with Gasteiger partial charge in [-0.3, -0.25) is 9.59 Å². The van der Waals surface area contributed by atoms with E-state index < -0.39 is 30.1 Å². The fourth-order valence-corrected chi connectivity index (χ4v) is 3.28. The van der Waals surface area contributed by atoms with Gasteiger partial charge in [-0.15, -0.1) is 11.3 Å². The summed E-state index contributed by atoms with van der Waals surface area (Å²) in [6.45, 7) is -0.440. The highest BCUT2D eigenvalue weighted by Crippen LogP contribution is 2.29. The predicted molar refractivity (Wildman–Crippen MR) is 89.3 cm³/mol. The van der Waals surface area contributed by atoms with Crippen LogP contribution in [0.15, 0.2) is 36.4 Å². The van der Waals surface area contributed by atoms with Crippen molar-refractivity contribution in [2.45, 2.75) is 6.42 Å². The lowest BCUT2D eigenvalue weighted by Crippen LogP contribution is -2.30. The molecule has 2 aromatic carbocycles. The highest BCUT2D eigenvalue weighted by molar-refractivity contribution is 7.18. The number of hydrogen-bond donors (Lipinski definition) is 2. The van der Waals surface area contributed by atoms with Crippen molar-refractivity contribution < 1.29 is 23.5 Å². The molecule has 0 aliphatic carbocycles. The van der Waals surface area contributed by atoms with Crippen molar-refractivity contribution in [2.75, 3.05) is 6.54 Å². The summed E-state index contributed by atoms with van der Waals surface area (Å²) in [6.07, 6.45) is -0.0207. The number of carboxylic acid groups (broad SMARTS) is 1. The van der Waals surface area contributed by atoms with Crippen LogP contribution in [0, 0.1) is 11.6 Å². The summed E-state index contributed by atoms with van der Waals surface area (Å²) in [5, 5.41) is 11.4. The van der Waals surface area contributed by atoms with Crippen molar-refractivity contribution in [1.29, 1.82) is 0 Å². The molecule has 3 aromatic rings. The second-order valence-corrected chi connectivity index (χ2v) is 6.38. The van der Waals surface area contributed by atoms with Crippen LogP contribution >= 0.6 is 11.3 Å². The van der Waals surface area contributed by atoms with Gasteiger partial charge < -0.3 is 10.4 Å². The van der Waals surface area contributed by atoms with Gasteiger partial charge in [-0.1, -0.05) is 12.1 Å². The molecule has 5 nitrogen and oxygen atoms in total. The topological polar surface area (TPSA) is 79.3 Å². The smallest absolute Gasteiger partial charge is 0.322 e. The zero-order valence-electron chi connectivity index (χ0n) is 12.8. The lowest BCUT2D eigenvalue weighted by atomic mass is 10.1. The SMILES string of the molecule is O=C(O)CNC(=O)Cc1nc2ccc(-c3ccc(F)c(F)c3)cc2s1. The first-order valence-corrected chi connectivity index (χ1v) is 8.07.